The highest BCUT2D eigenvalue weighted by Crippen LogP contribution is 2.51. The maximum atomic E-state index is 13.1. The zero-order valence-electron chi connectivity index (χ0n) is 17.9. The average Bonchev–Trinajstić information content (AvgIpc) is 2.70. The van der Waals surface area contributed by atoms with Gasteiger partial charge in [0.1, 0.15) is 0 Å². The SMILES string of the molecule is CC[C@H]1C(=NO)C2=C(CC(C)(C)CC2=O)N2CCc3cc(OC)c(OC)cc3[C@H]12. The number of methoxy groups -OCH3 is 2. The minimum Gasteiger partial charge on any atom is -0.493 e. The van der Waals surface area contributed by atoms with E-state index in [1.54, 1.807) is 14.2 Å². The Morgan fingerprint density at radius 1 is 1.21 bits per heavy atom. The highest BCUT2D eigenvalue weighted by atomic mass is 16.5. The first-order valence-corrected chi connectivity index (χ1v) is 10.3. The lowest BCUT2D eigenvalue weighted by atomic mass is 9.67. The number of ether oxygens (including phenoxy) is 2. The second kappa shape index (κ2) is 7.08. The number of carbonyl (C=O) groups is 1. The molecule has 0 fully saturated rings. The van der Waals surface area contributed by atoms with Crippen molar-refractivity contribution in [2.45, 2.75) is 52.5 Å². The molecule has 1 aromatic rings. The molecule has 29 heavy (non-hydrogen) atoms. The number of hydrogen-bond donors (Lipinski definition) is 1. The van der Waals surface area contributed by atoms with Crippen LogP contribution in [0.3, 0.4) is 0 Å². The maximum Gasteiger partial charge on any atom is 0.167 e. The van der Waals surface area contributed by atoms with Crippen molar-refractivity contribution in [1.29, 1.82) is 0 Å². The Balaban J connectivity index is 1.92. The molecule has 0 aromatic heterocycles. The summed E-state index contributed by atoms with van der Waals surface area (Å²) in [4.78, 5) is 15.5. The van der Waals surface area contributed by atoms with E-state index in [1.165, 1.54) is 11.1 Å². The number of Topliss-reactive ketones (excluding diaryl/α,β-unsaturated/α-hetero) is 1. The largest absolute Gasteiger partial charge is 0.493 e. The Morgan fingerprint density at radius 2 is 1.90 bits per heavy atom. The molecule has 0 spiro atoms. The van der Waals surface area contributed by atoms with Crippen LogP contribution in [0.15, 0.2) is 28.6 Å². The lowest BCUT2D eigenvalue weighted by Crippen LogP contribution is -2.50. The van der Waals surface area contributed by atoms with Crippen molar-refractivity contribution < 1.29 is 19.5 Å². The molecule has 2 heterocycles. The van der Waals surface area contributed by atoms with E-state index in [2.05, 4.69) is 43.0 Å². The summed E-state index contributed by atoms with van der Waals surface area (Å²) >= 11 is 0. The zero-order valence-corrected chi connectivity index (χ0v) is 17.9. The molecule has 2 aliphatic heterocycles. The van der Waals surface area contributed by atoms with Gasteiger partial charge >= 0.3 is 0 Å². The first-order chi connectivity index (χ1) is 13.8. The van der Waals surface area contributed by atoms with Gasteiger partial charge in [0.25, 0.3) is 0 Å². The summed E-state index contributed by atoms with van der Waals surface area (Å²) in [7, 11) is 3.30. The topological polar surface area (TPSA) is 71.4 Å². The van der Waals surface area contributed by atoms with Gasteiger partial charge in [-0.2, -0.15) is 0 Å². The summed E-state index contributed by atoms with van der Waals surface area (Å²) in [6.45, 7) is 7.20. The van der Waals surface area contributed by atoms with Gasteiger partial charge in [-0.3, -0.25) is 4.79 Å². The second-order valence-electron chi connectivity index (χ2n) is 9.06. The van der Waals surface area contributed by atoms with Gasteiger partial charge in [0, 0.05) is 24.6 Å². The molecule has 6 heteroatoms. The Morgan fingerprint density at radius 3 is 2.52 bits per heavy atom. The van der Waals surface area contributed by atoms with E-state index in [1.807, 2.05) is 0 Å². The molecule has 0 saturated carbocycles. The smallest absolute Gasteiger partial charge is 0.167 e. The van der Waals surface area contributed by atoms with Crippen molar-refractivity contribution in [3.05, 3.63) is 34.5 Å². The van der Waals surface area contributed by atoms with E-state index >= 15 is 0 Å². The van der Waals surface area contributed by atoms with Gasteiger partial charge in [0.05, 0.1) is 31.5 Å². The predicted octanol–water partition coefficient (Wildman–Crippen LogP) is 4.12. The minimum absolute atomic E-state index is 0.0231. The number of benzene rings is 1. The van der Waals surface area contributed by atoms with Crippen LogP contribution in [0.25, 0.3) is 0 Å². The van der Waals surface area contributed by atoms with Gasteiger partial charge in [0.2, 0.25) is 0 Å². The van der Waals surface area contributed by atoms with Crippen molar-refractivity contribution in [2.24, 2.45) is 16.5 Å². The van der Waals surface area contributed by atoms with Crippen LogP contribution >= 0.6 is 0 Å². The van der Waals surface area contributed by atoms with Crippen LogP contribution in [0.4, 0.5) is 0 Å². The van der Waals surface area contributed by atoms with Crippen LogP contribution in [-0.2, 0) is 11.2 Å². The van der Waals surface area contributed by atoms with E-state index < -0.39 is 0 Å². The van der Waals surface area contributed by atoms with Crippen LogP contribution in [0.2, 0.25) is 0 Å². The molecule has 6 nitrogen and oxygen atoms in total. The first kappa shape index (κ1) is 19.8. The standard InChI is InChI=1S/C23H30N2O4/c1-6-14-21(24-27)20-16(11-23(2,3)12-17(20)26)25-8-7-13-9-18(28-4)19(29-5)10-15(13)22(14)25/h9-10,14,22,27H,6-8,11-12H2,1-5H3/t14-,22-/m0/s1. The molecule has 0 amide bonds. The number of carbonyl (C=O) groups excluding carboxylic acids is 1. The molecule has 1 N–H and O–H groups in total. The van der Waals surface area contributed by atoms with Crippen molar-refractivity contribution in [2.75, 3.05) is 20.8 Å². The number of oxime groups is 1. The fourth-order valence-corrected chi connectivity index (χ4v) is 5.41. The zero-order chi connectivity index (χ0) is 20.9. The summed E-state index contributed by atoms with van der Waals surface area (Å²) < 4.78 is 11.1. The third kappa shape index (κ3) is 3.00. The molecule has 0 saturated heterocycles. The van der Waals surface area contributed by atoms with Crippen LogP contribution in [-0.4, -0.2) is 42.4 Å². The number of nitrogens with zero attached hydrogens (tertiary/aromatic N) is 2. The van der Waals surface area contributed by atoms with Crippen LogP contribution in [0.5, 0.6) is 11.5 Å². The van der Waals surface area contributed by atoms with Crippen LogP contribution in [0.1, 0.15) is 57.2 Å². The molecule has 4 rings (SSSR count). The minimum atomic E-state index is -0.0992. The lowest BCUT2D eigenvalue weighted by Gasteiger charge is -2.51. The molecule has 1 aromatic carbocycles. The van der Waals surface area contributed by atoms with E-state index in [0.717, 1.165) is 37.3 Å². The summed E-state index contributed by atoms with van der Waals surface area (Å²) in [5.74, 6) is 1.47. The number of allylic oxidation sites excluding steroid dienone is 2. The van der Waals surface area contributed by atoms with Gasteiger partial charge in [-0.25, -0.2) is 0 Å². The Hall–Kier alpha value is -2.50. The van der Waals surface area contributed by atoms with Crippen molar-refractivity contribution in [1.82, 2.24) is 4.90 Å². The van der Waals surface area contributed by atoms with Crippen molar-refractivity contribution in [3.8, 4) is 11.5 Å². The van der Waals surface area contributed by atoms with Gasteiger partial charge < -0.3 is 19.6 Å². The van der Waals surface area contributed by atoms with E-state index in [4.69, 9.17) is 9.47 Å². The average molecular weight is 399 g/mol. The third-order valence-electron chi connectivity index (χ3n) is 6.66. The fraction of sp³-hybridized carbons (Fsp3) is 0.565. The molecule has 0 unspecified atom stereocenters. The van der Waals surface area contributed by atoms with Gasteiger partial charge in [-0.1, -0.05) is 25.9 Å². The molecule has 156 valence electrons. The van der Waals surface area contributed by atoms with E-state index in [-0.39, 0.29) is 23.2 Å². The molecule has 0 radical (unpaired) electrons. The Labute approximate surface area is 172 Å². The number of rotatable bonds is 3. The maximum absolute atomic E-state index is 13.1. The van der Waals surface area contributed by atoms with Crippen LogP contribution in [0, 0.1) is 11.3 Å². The second-order valence-corrected chi connectivity index (χ2v) is 9.06. The van der Waals surface area contributed by atoms with Crippen molar-refractivity contribution in [3.63, 3.8) is 0 Å². The first-order valence-electron chi connectivity index (χ1n) is 10.3. The van der Waals surface area contributed by atoms with Crippen LogP contribution < -0.4 is 9.47 Å². The predicted molar refractivity (Wildman–Crippen MR) is 111 cm³/mol. The van der Waals surface area contributed by atoms with Gasteiger partial charge in [-0.05, 0) is 47.9 Å². The summed E-state index contributed by atoms with van der Waals surface area (Å²) in [5, 5.41) is 13.6. The molecule has 2 atom stereocenters. The Bertz CT molecular complexity index is 916. The van der Waals surface area contributed by atoms with Gasteiger partial charge in [-0.15, -0.1) is 0 Å². The van der Waals surface area contributed by atoms with Crippen molar-refractivity contribution >= 4 is 11.5 Å². The fourth-order valence-electron chi connectivity index (χ4n) is 5.41. The highest BCUT2D eigenvalue weighted by Gasteiger charge is 2.48. The van der Waals surface area contributed by atoms with E-state index in [0.29, 0.717) is 23.5 Å². The van der Waals surface area contributed by atoms with Gasteiger partial charge in [0.15, 0.2) is 17.3 Å². The quantitative estimate of drug-likeness (QED) is 0.613. The molecule has 0 bridgehead atoms. The molecular formula is C23H30N2O4. The van der Waals surface area contributed by atoms with E-state index in [9.17, 15) is 10.0 Å². The Kier molecular flexibility index (Phi) is 4.83. The lowest BCUT2D eigenvalue weighted by molar-refractivity contribution is -0.118. The summed E-state index contributed by atoms with van der Waals surface area (Å²) in [6.07, 6.45) is 2.95. The number of fused-ring (bicyclic) bond motifs is 4. The summed E-state index contributed by atoms with van der Waals surface area (Å²) in [5.41, 5.74) is 4.53. The molecule has 3 aliphatic rings. The molecular weight excluding hydrogens is 368 g/mol. The normalized spacial score (nSPS) is 26.7. The molecule has 1 aliphatic carbocycles. The summed E-state index contributed by atoms with van der Waals surface area (Å²) in [6, 6.07) is 4.15. The number of hydrogen-bond acceptors (Lipinski definition) is 6. The monoisotopic (exact) mass is 398 g/mol. The third-order valence-corrected chi connectivity index (χ3v) is 6.66. The number of ketones is 1. The highest BCUT2D eigenvalue weighted by molar-refractivity contribution is 6.24.